The maximum atomic E-state index is 2.46. The first-order valence-electron chi connectivity index (χ1n) is 21.8. The third-order valence-corrected chi connectivity index (χ3v) is 13.3. The molecule has 0 bridgehead atoms. The van der Waals surface area contributed by atoms with E-state index in [1.165, 1.54) is 109 Å². The van der Waals surface area contributed by atoms with Crippen molar-refractivity contribution >= 4 is 92.5 Å². The zero-order valence-corrected chi connectivity index (χ0v) is 34.5. The van der Waals surface area contributed by atoms with Crippen molar-refractivity contribution in [1.82, 2.24) is 0 Å². The molecule has 0 N–H and O–H groups in total. The van der Waals surface area contributed by atoms with Gasteiger partial charge in [-0.15, -0.1) is 0 Å². The topological polar surface area (TPSA) is 3.24 Å². The molecule has 0 aliphatic carbocycles. The van der Waals surface area contributed by atoms with Gasteiger partial charge in [-0.25, -0.2) is 0 Å². The molecule has 0 amide bonds. The van der Waals surface area contributed by atoms with Gasteiger partial charge in [-0.1, -0.05) is 194 Å². The van der Waals surface area contributed by atoms with Crippen LogP contribution in [0.25, 0.3) is 109 Å². The van der Waals surface area contributed by atoms with Crippen molar-refractivity contribution in [2.24, 2.45) is 0 Å². The van der Waals surface area contributed by atoms with E-state index in [4.69, 9.17) is 0 Å². The molecule has 0 saturated carbocycles. The SMILES string of the molecule is c1ccc(-c2ccc(-c3ccc(N(c4cccc(-c5ccc6ccccc6c5)c4)c4cc5ccc6cccc7c8cccc9ccc%10cccc(c(c4)c5c67)c%10c98)cc3)cc2)cc1. The van der Waals surface area contributed by atoms with E-state index in [0.29, 0.717) is 0 Å². The molecule has 0 aliphatic rings. The Kier molecular flexibility index (Phi) is 7.98. The Labute approximate surface area is 365 Å². The Balaban J connectivity index is 1.05. The van der Waals surface area contributed by atoms with Gasteiger partial charge in [-0.05, 0) is 151 Å². The normalized spacial score (nSPS) is 11.8. The van der Waals surface area contributed by atoms with E-state index in [9.17, 15) is 0 Å². The molecule has 0 saturated heterocycles. The van der Waals surface area contributed by atoms with Gasteiger partial charge in [0.15, 0.2) is 0 Å². The summed E-state index contributed by atoms with van der Waals surface area (Å²) in [7, 11) is 0. The highest BCUT2D eigenvalue weighted by Crippen LogP contribution is 2.47. The first-order chi connectivity index (χ1) is 31.2. The second-order valence-electron chi connectivity index (χ2n) is 16.9. The fraction of sp³-hybridized carbons (Fsp3) is 0. The van der Waals surface area contributed by atoms with Gasteiger partial charge in [0.2, 0.25) is 0 Å². The Bertz CT molecular complexity index is 3880. The number of nitrogens with zero attached hydrogens (tertiary/aromatic N) is 1. The lowest BCUT2D eigenvalue weighted by Crippen LogP contribution is -2.10. The van der Waals surface area contributed by atoms with Crippen LogP contribution in [0, 0.1) is 0 Å². The van der Waals surface area contributed by atoms with Gasteiger partial charge in [-0.2, -0.15) is 0 Å². The molecule has 63 heavy (non-hydrogen) atoms. The van der Waals surface area contributed by atoms with Gasteiger partial charge in [0.05, 0.1) is 0 Å². The Morgan fingerprint density at radius 3 is 1.25 bits per heavy atom. The lowest BCUT2D eigenvalue weighted by atomic mass is 9.87. The van der Waals surface area contributed by atoms with Crippen LogP contribution in [0.3, 0.4) is 0 Å². The zero-order chi connectivity index (χ0) is 41.4. The number of fused-ring (bicyclic) bond motifs is 3. The van der Waals surface area contributed by atoms with E-state index in [2.05, 4.69) is 241 Å². The summed E-state index contributed by atoms with van der Waals surface area (Å²) >= 11 is 0. The molecule has 13 aromatic carbocycles. The van der Waals surface area contributed by atoms with Crippen molar-refractivity contribution in [1.29, 1.82) is 0 Å². The molecule has 292 valence electrons. The lowest BCUT2D eigenvalue weighted by molar-refractivity contribution is 1.29. The second kappa shape index (κ2) is 14.2. The van der Waals surface area contributed by atoms with Crippen LogP contribution < -0.4 is 4.90 Å². The summed E-state index contributed by atoms with van der Waals surface area (Å²) in [5, 5.41) is 17.8. The van der Waals surface area contributed by atoms with Crippen molar-refractivity contribution in [3.05, 3.63) is 237 Å². The number of rotatable bonds is 6. The fourth-order valence-electron chi connectivity index (χ4n) is 10.3. The molecule has 0 radical (unpaired) electrons. The summed E-state index contributed by atoms with van der Waals surface area (Å²) in [6.07, 6.45) is 0. The Morgan fingerprint density at radius 2 is 0.619 bits per heavy atom. The molecular formula is C62H39N. The first-order valence-corrected chi connectivity index (χ1v) is 21.8. The van der Waals surface area contributed by atoms with Gasteiger partial charge in [0.25, 0.3) is 0 Å². The molecule has 1 heteroatoms. The quantitative estimate of drug-likeness (QED) is 0.152. The first kappa shape index (κ1) is 35.5. The average molecular weight is 798 g/mol. The maximum Gasteiger partial charge on any atom is 0.0474 e. The summed E-state index contributed by atoms with van der Waals surface area (Å²) in [5.74, 6) is 0. The molecule has 0 unspecified atom stereocenters. The predicted molar refractivity (Wildman–Crippen MR) is 271 cm³/mol. The summed E-state index contributed by atoms with van der Waals surface area (Å²) in [6, 6.07) is 87.6. The predicted octanol–water partition coefficient (Wildman–Crippen LogP) is 17.7. The summed E-state index contributed by atoms with van der Waals surface area (Å²) in [6.45, 7) is 0. The van der Waals surface area contributed by atoms with Crippen molar-refractivity contribution in [3.63, 3.8) is 0 Å². The van der Waals surface area contributed by atoms with E-state index >= 15 is 0 Å². The van der Waals surface area contributed by atoms with E-state index in [1.807, 2.05) is 0 Å². The largest absolute Gasteiger partial charge is 0.310 e. The van der Waals surface area contributed by atoms with Crippen LogP contribution in [0.4, 0.5) is 17.1 Å². The Morgan fingerprint density at radius 1 is 0.190 bits per heavy atom. The number of benzene rings is 12. The highest BCUT2D eigenvalue weighted by Gasteiger charge is 2.20. The summed E-state index contributed by atoms with van der Waals surface area (Å²) in [5.41, 5.74) is 10.5. The highest BCUT2D eigenvalue weighted by molar-refractivity contribution is 6.37. The number of anilines is 3. The van der Waals surface area contributed by atoms with Gasteiger partial charge >= 0.3 is 0 Å². The summed E-state index contributed by atoms with van der Waals surface area (Å²) < 4.78 is 0. The van der Waals surface area contributed by atoms with Crippen molar-refractivity contribution in [3.8, 4) is 33.4 Å². The third-order valence-electron chi connectivity index (χ3n) is 13.3. The third kappa shape index (κ3) is 5.78. The van der Waals surface area contributed by atoms with Gasteiger partial charge in [-0.3, -0.25) is 0 Å². The van der Waals surface area contributed by atoms with Crippen LogP contribution in [0.15, 0.2) is 237 Å². The van der Waals surface area contributed by atoms with Crippen LogP contribution in [0.5, 0.6) is 0 Å². The second-order valence-corrected chi connectivity index (χ2v) is 16.9. The molecular weight excluding hydrogens is 759 g/mol. The van der Waals surface area contributed by atoms with Crippen molar-refractivity contribution in [2.45, 2.75) is 0 Å². The average Bonchev–Trinajstić information content (AvgIpc) is 3.35. The molecule has 0 atom stereocenters. The Hall–Kier alpha value is -8.26. The van der Waals surface area contributed by atoms with E-state index < -0.39 is 0 Å². The molecule has 0 fully saturated rings. The number of hydrogen-bond acceptors (Lipinski definition) is 1. The van der Waals surface area contributed by atoms with Crippen molar-refractivity contribution in [2.75, 3.05) is 4.90 Å². The van der Waals surface area contributed by atoms with Gasteiger partial charge < -0.3 is 4.90 Å². The molecule has 13 rings (SSSR count). The molecule has 0 aromatic heterocycles. The summed E-state index contributed by atoms with van der Waals surface area (Å²) in [4.78, 5) is 2.45. The minimum absolute atomic E-state index is 1.10. The van der Waals surface area contributed by atoms with Gasteiger partial charge in [0, 0.05) is 17.1 Å². The lowest BCUT2D eigenvalue weighted by Gasteiger charge is -2.27. The maximum absolute atomic E-state index is 2.46. The molecule has 0 aliphatic heterocycles. The van der Waals surface area contributed by atoms with Crippen LogP contribution in [-0.4, -0.2) is 0 Å². The van der Waals surface area contributed by atoms with E-state index in [-0.39, 0.29) is 0 Å². The van der Waals surface area contributed by atoms with E-state index in [1.54, 1.807) is 0 Å². The minimum atomic E-state index is 1.10. The van der Waals surface area contributed by atoms with Crippen LogP contribution in [0.1, 0.15) is 0 Å². The van der Waals surface area contributed by atoms with Crippen LogP contribution in [-0.2, 0) is 0 Å². The van der Waals surface area contributed by atoms with Crippen LogP contribution >= 0.6 is 0 Å². The highest BCUT2D eigenvalue weighted by atomic mass is 15.1. The molecule has 13 aromatic rings. The smallest absolute Gasteiger partial charge is 0.0474 e. The number of hydrogen-bond donors (Lipinski definition) is 0. The fourth-order valence-corrected chi connectivity index (χ4v) is 10.3. The van der Waals surface area contributed by atoms with Crippen molar-refractivity contribution < 1.29 is 0 Å². The monoisotopic (exact) mass is 797 g/mol. The standard InChI is InChI=1S/C62H39N/c1-2-10-40(11-3-1)42-22-24-43(25-23-42)44-32-34-52(35-33-44)63(53-18-6-17-49(37-53)50-30-26-41-12-4-5-13-48(41)36-50)54-38-51-31-29-47-15-8-20-56-55-19-7-14-45-27-28-46-16-9-21-57(61(46)59(45)55)58(39-54)62(51)60(47)56/h1-39H. The molecule has 1 nitrogen and oxygen atoms in total. The van der Waals surface area contributed by atoms with E-state index in [0.717, 1.165) is 17.1 Å². The zero-order valence-electron chi connectivity index (χ0n) is 34.5. The molecule has 0 heterocycles. The van der Waals surface area contributed by atoms with Gasteiger partial charge in [0.1, 0.15) is 0 Å². The van der Waals surface area contributed by atoms with Crippen LogP contribution in [0.2, 0.25) is 0 Å². The molecule has 0 spiro atoms. The minimum Gasteiger partial charge on any atom is -0.310 e.